The molecule has 1 aromatic carbocycles. The fourth-order valence-corrected chi connectivity index (χ4v) is 2.37. The molecule has 0 aliphatic carbocycles. The lowest BCUT2D eigenvalue weighted by molar-refractivity contribution is 0.174. The van der Waals surface area contributed by atoms with E-state index in [0.29, 0.717) is 11.0 Å². The minimum atomic E-state index is 0.458. The van der Waals surface area contributed by atoms with Crippen LogP contribution in [-0.2, 0) is 6.54 Å². The minimum absolute atomic E-state index is 0.458. The highest BCUT2D eigenvalue weighted by Crippen LogP contribution is 2.10. The molecule has 4 heteroatoms. The zero-order valence-electron chi connectivity index (χ0n) is 12.4. The van der Waals surface area contributed by atoms with Crippen molar-refractivity contribution in [1.29, 1.82) is 0 Å². The molecule has 0 amide bonds. The van der Waals surface area contributed by atoms with Crippen molar-refractivity contribution in [2.75, 3.05) is 27.2 Å². The Kier molecular flexibility index (Phi) is 6.42. The van der Waals surface area contributed by atoms with Crippen molar-refractivity contribution in [2.24, 2.45) is 5.73 Å². The molecule has 0 fully saturated rings. The fraction of sp³-hybridized carbons (Fsp3) is 0.533. The van der Waals surface area contributed by atoms with Crippen LogP contribution in [0.4, 0.5) is 0 Å². The van der Waals surface area contributed by atoms with Gasteiger partial charge in [-0.1, -0.05) is 43.4 Å². The lowest BCUT2D eigenvalue weighted by Gasteiger charge is -2.30. The minimum Gasteiger partial charge on any atom is -0.389 e. The summed E-state index contributed by atoms with van der Waals surface area (Å²) in [6.45, 7) is 7.55. The number of rotatable bonds is 7. The number of hydrogen-bond donors (Lipinski definition) is 1. The van der Waals surface area contributed by atoms with Crippen LogP contribution in [0.2, 0.25) is 0 Å². The van der Waals surface area contributed by atoms with Crippen LogP contribution in [0, 0.1) is 0 Å². The second kappa shape index (κ2) is 7.58. The molecular formula is C15H25N3S. The average Bonchev–Trinajstić information content (AvgIpc) is 2.35. The third kappa shape index (κ3) is 5.27. The van der Waals surface area contributed by atoms with Crippen LogP contribution >= 0.6 is 12.2 Å². The normalized spacial score (nSPS) is 12.9. The number of hydrogen-bond acceptors (Lipinski definition) is 3. The van der Waals surface area contributed by atoms with Gasteiger partial charge in [0, 0.05) is 24.7 Å². The summed E-state index contributed by atoms with van der Waals surface area (Å²) < 4.78 is 0. The van der Waals surface area contributed by atoms with E-state index in [1.807, 2.05) is 12.1 Å². The molecule has 0 aromatic heterocycles. The summed E-state index contributed by atoms with van der Waals surface area (Å²) in [4.78, 5) is 5.15. The predicted molar refractivity (Wildman–Crippen MR) is 86.4 cm³/mol. The standard InChI is InChI=1S/C15H25N3S/c1-5-18(12(2)10-17(3)4)11-13-6-8-14(9-7-13)15(16)19/h6-9,12H,5,10-11H2,1-4H3,(H2,16,19). The molecule has 0 heterocycles. The first-order valence-corrected chi connectivity index (χ1v) is 7.12. The number of nitrogens with two attached hydrogens (primary N) is 1. The Morgan fingerprint density at radius 2 is 1.84 bits per heavy atom. The molecular weight excluding hydrogens is 254 g/mol. The zero-order valence-corrected chi connectivity index (χ0v) is 13.2. The predicted octanol–water partition coefficient (Wildman–Crippen LogP) is 2.09. The third-order valence-corrected chi connectivity index (χ3v) is 3.52. The highest BCUT2D eigenvalue weighted by atomic mass is 32.1. The molecule has 106 valence electrons. The van der Waals surface area contributed by atoms with Crippen LogP contribution in [0.25, 0.3) is 0 Å². The van der Waals surface area contributed by atoms with Crippen molar-refractivity contribution in [2.45, 2.75) is 26.4 Å². The van der Waals surface area contributed by atoms with Gasteiger partial charge in [0.05, 0.1) is 0 Å². The number of thiocarbonyl (C=S) groups is 1. The lowest BCUT2D eigenvalue weighted by atomic mass is 10.1. The van der Waals surface area contributed by atoms with Gasteiger partial charge in [-0.3, -0.25) is 4.90 Å². The van der Waals surface area contributed by atoms with Crippen LogP contribution in [0.15, 0.2) is 24.3 Å². The van der Waals surface area contributed by atoms with Crippen molar-refractivity contribution in [1.82, 2.24) is 9.80 Å². The van der Waals surface area contributed by atoms with E-state index in [1.165, 1.54) is 5.56 Å². The molecule has 0 radical (unpaired) electrons. The summed E-state index contributed by atoms with van der Waals surface area (Å²) in [6.07, 6.45) is 0. The molecule has 0 bridgehead atoms. The van der Waals surface area contributed by atoms with E-state index in [-0.39, 0.29) is 0 Å². The highest BCUT2D eigenvalue weighted by Gasteiger charge is 2.13. The number of benzene rings is 1. The fourth-order valence-electron chi connectivity index (χ4n) is 2.23. The van der Waals surface area contributed by atoms with Crippen molar-refractivity contribution in [3.63, 3.8) is 0 Å². The number of likely N-dealkylation sites (N-methyl/N-ethyl adjacent to an activating group) is 2. The van der Waals surface area contributed by atoms with E-state index < -0.39 is 0 Å². The smallest absolute Gasteiger partial charge is 0.103 e. The second-order valence-electron chi connectivity index (χ2n) is 5.24. The maximum Gasteiger partial charge on any atom is 0.103 e. The summed E-state index contributed by atoms with van der Waals surface area (Å²) in [5, 5.41) is 0. The molecule has 0 spiro atoms. The Hall–Kier alpha value is -0.970. The Morgan fingerprint density at radius 3 is 2.26 bits per heavy atom. The molecule has 1 rings (SSSR count). The molecule has 1 atom stereocenters. The van der Waals surface area contributed by atoms with Gasteiger partial charge in [0.25, 0.3) is 0 Å². The van der Waals surface area contributed by atoms with E-state index >= 15 is 0 Å². The van der Waals surface area contributed by atoms with E-state index in [4.69, 9.17) is 18.0 Å². The molecule has 3 nitrogen and oxygen atoms in total. The molecule has 2 N–H and O–H groups in total. The first-order chi connectivity index (χ1) is 8.93. The largest absolute Gasteiger partial charge is 0.389 e. The maximum absolute atomic E-state index is 5.61. The molecule has 0 aliphatic heterocycles. The van der Waals surface area contributed by atoms with Gasteiger partial charge in [-0.05, 0) is 33.1 Å². The second-order valence-corrected chi connectivity index (χ2v) is 5.68. The van der Waals surface area contributed by atoms with Gasteiger partial charge in [-0.2, -0.15) is 0 Å². The topological polar surface area (TPSA) is 32.5 Å². The van der Waals surface area contributed by atoms with Gasteiger partial charge in [0.15, 0.2) is 0 Å². The van der Waals surface area contributed by atoms with Crippen LogP contribution in [-0.4, -0.2) is 48.0 Å². The summed E-state index contributed by atoms with van der Waals surface area (Å²) in [6, 6.07) is 8.76. The average molecular weight is 279 g/mol. The van der Waals surface area contributed by atoms with E-state index in [9.17, 15) is 0 Å². The summed E-state index contributed by atoms with van der Waals surface area (Å²) >= 11 is 4.97. The summed E-state index contributed by atoms with van der Waals surface area (Å²) in [5.74, 6) is 0. The van der Waals surface area contributed by atoms with Gasteiger partial charge < -0.3 is 10.6 Å². The van der Waals surface area contributed by atoms with E-state index in [0.717, 1.165) is 25.2 Å². The van der Waals surface area contributed by atoms with Gasteiger partial charge >= 0.3 is 0 Å². The van der Waals surface area contributed by atoms with Gasteiger partial charge in [-0.15, -0.1) is 0 Å². The molecule has 0 aliphatic rings. The quantitative estimate of drug-likeness (QED) is 0.775. The van der Waals surface area contributed by atoms with E-state index in [1.54, 1.807) is 0 Å². The first-order valence-electron chi connectivity index (χ1n) is 6.71. The monoisotopic (exact) mass is 279 g/mol. The Labute approximate surface area is 122 Å². The van der Waals surface area contributed by atoms with Crippen molar-refractivity contribution in [3.05, 3.63) is 35.4 Å². The van der Waals surface area contributed by atoms with Crippen LogP contribution in [0.5, 0.6) is 0 Å². The maximum atomic E-state index is 5.61. The van der Waals surface area contributed by atoms with Crippen LogP contribution < -0.4 is 5.73 Å². The first kappa shape index (κ1) is 16.1. The third-order valence-electron chi connectivity index (χ3n) is 3.28. The Balaban J connectivity index is 2.67. The molecule has 0 saturated carbocycles. The SMILES string of the molecule is CCN(Cc1ccc(C(N)=S)cc1)C(C)CN(C)C. The van der Waals surface area contributed by atoms with Crippen molar-refractivity contribution < 1.29 is 0 Å². The molecule has 0 saturated heterocycles. The number of nitrogens with zero attached hydrogens (tertiary/aromatic N) is 2. The molecule has 19 heavy (non-hydrogen) atoms. The van der Waals surface area contributed by atoms with Crippen LogP contribution in [0.3, 0.4) is 0 Å². The van der Waals surface area contributed by atoms with Gasteiger partial charge in [-0.25, -0.2) is 0 Å². The van der Waals surface area contributed by atoms with Gasteiger partial charge in [0.1, 0.15) is 4.99 Å². The highest BCUT2D eigenvalue weighted by molar-refractivity contribution is 7.80. The Morgan fingerprint density at radius 1 is 1.26 bits per heavy atom. The van der Waals surface area contributed by atoms with Gasteiger partial charge in [0.2, 0.25) is 0 Å². The summed E-state index contributed by atoms with van der Waals surface area (Å²) in [5.41, 5.74) is 7.84. The Bertz CT molecular complexity index is 400. The summed E-state index contributed by atoms with van der Waals surface area (Å²) in [7, 11) is 4.22. The zero-order chi connectivity index (χ0) is 14.4. The molecule has 1 unspecified atom stereocenters. The van der Waals surface area contributed by atoms with Crippen molar-refractivity contribution >= 4 is 17.2 Å². The van der Waals surface area contributed by atoms with Crippen molar-refractivity contribution in [3.8, 4) is 0 Å². The van der Waals surface area contributed by atoms with Crippen LogP contribution in [0.1, 0.15) is 25.0 Å². The molecule has 1 aromatic rings. The lowest BCUT2D eigenvalue weighted by Crippen LogP contribution is -2.39. The van der Waals surface area contributed by atoms with E-state index in [2.05, 4.69) is 49.9 Å².